The standard InChI is InChI=1S/C13H14F2N2O3/c14-13(15)19-10-5-4-8(7-11(10)20-13)17-12(18)9-3-1-2-6-16-9/h4-5,7,9,16H,1-3,6H2,(H,17,18)/t9-/m0/s1. The first kappa shape index (κ1) is 13.1. The van der Waals surface area contributed by atoms with Crippen molar-refractivity contribution in [2.45, 2.75) is 31.6 Å². The van der Waals surface area contributed by atoms with Crippen molar-refractivity contribution in [1.82, 2.24) is 5.32 Å². The van der Waals surface area contributed by atoms with Crippen LogP contribution in [0.2, 0.25) is 0 Å². The number of ether oxygens (including phenoxy) is 2. The summed E-state index contributed by atoms with van der Waals surface area (Å²) in [6.45, 7) is 0.811. The number of benzene rings is 1. The van der Waals surface area contributed by atoms with Gasteiger partial charge in [-0.3, -0.25) is 4.79 Å². The summed E-state index contributed by atoms with van der Waals surface area (Å²) in [7, 11) is 0. The second-order valence-electron chi connectivity index (χ2n) is 4.82. The number of carbonyl (C=O) groups is 1. The molecule has 2 N–H and O–H groups in total. The molecule has 2 heterocycles. The number of alkyl halides is 2. The summed E-state index contributed by atoms with van der Waals surface area (Å²) in [5, 5.41) is 5.80. The number of piperidine rings is 1. The molecule has 0 aromatic heterocycles. The number of hydrogen-bond donors (Lipinski definition) is 2. The maximum Gasteiger partial charge on any atom is 0.586 e. The second-order valence-corrected chi connectivity index (χ2v) is 4.82. The van der Waals surface area contributed by atoms with Crippen molar-refractivity contribution in [3.05, 3.63) is 18.2 Å². The van der Waals surface area contributed by atoms with Gasteiger partial charge in [-0.25, -0.2) is 0 Å². The number of fused-ring (bicyclic) bond motifs is 1. The molecule has 1 aromatic carbocycles. The van der Waals surface area contributed by atoms with Crippen molar-refractivity contribution < 1.29 is 23.0 Å². The van der Waals surface area contributed by atoms with Gasteiger partial charge in [-0.1, -0.05) is 6.42 Å². The summed E-state index contributed by atoms with van der Waals surface area (Å²) in [6, 6.07) is 3.94. The average molecular weight is 284 g/mol. The molecular weight excluding hydrogens is 270 g/mol. The van der Waals surface area contributed by atoms with Crippen molar-refractivity contribution in [2.75, 3.05) is 11.9 Å². The van der Waals surface area contributed by atoms with Gasteiger partial charge in [-0.2, -0.15) is 0 Å². The van der Waals surface area contributed by atoms with Crippen molar-refractivity contribution >= 4 is 11.6 Å². The van der Waals surface area contributed by atoms with Gasteiger partial charge in [0.05, 0.1) is 6.04 Å². The highest BCUT2D eigenvalue weighted by Crippen LogP contribution is 2.42. The van der Waals surface area contributed by atoms with E-state index >= 15 is 0 Å². The molecule has 5 nitrogen and oxygen atoms in total. The summed E-state index contributed by atoms with van der Waals surface area (Å²) < 4.78 is 34.4. The molecule has 1 fully saturated rings. The minimum Gasteiger partial charge on any atom is -0.395 e. The van der Waals surface area contributed by atoms with Crippen LogP contribution in [0.1, 0.15) is 19.3 Å². The van der Waals surface area contributed by atoms with Gasteiger partial charge in [0, 0.05) is 11.8 Å². The van der Waals surface area contributed by atoms with Crippen LogP contribution < -0.4 is 20.1 Å². The molecule has 20 heavy (non-hydrogen) atoms. The Hall–Kier alpha value is -1.89. The Morgan fingerprint density at radius 3 is 2.85 bits per heavy atom. The zero-order chi connectivity index (χ0) is 14.2. The molecule has 1 amide bonds. The quantitative estimate of drug-likeness (QED) is 0.873. The SMILES string of the molecule is O=C(Nc1ccc2c(c1)OC(F)(F)O2)[C@@H]1CCCCN1. The molecule has 3 rings (SSSR count). The topological polar surface area (TPSA) is 59.6 Å². The first-order chi connectivity index (χ1) is 9.53. The van der Waals surface area contributed by atoms with Crippen LogP contribution in [-0.4, -0.2) is 24.8 Å². The number of halogens is 2. The zero-order valence-electron chi connectivity index (χ0n) is 10.6. The fraction of sp³-hybridized carbons (Fsp3) is 0.462. The number of amides is 1. The molecule has 108 valence electrons. The molecular formula is C13H14F2N2O3. The Morgan fingerprint density at radius 2 is 2.10 bits per heavy atom. The van der Waals surface area contributed by atoms with E-state index in [4.69, 9.17) is 0 Å². The zero-order valence-corrected chi connectivity index (χ0v) is 10.6. The molecule has 7 heteroatoms. The summed E-state index contributed by atoms with van der Waals surface area (Å²) in [5.74, 6) is -0.288. The van der Waals surface area contributed by atoms with Crippen molar-refractivity contribution in [1.29, 1.82) is 0 Å². The van der Waals surface area contributed by atoms with Gasteiger partial charge in [0.25, 0.3) is 0 Å². The molecule has 0 aliphatic carbocycles. The average Bonchev–Trinajstić information content (AvgIpc) is 2.73. The predicted octanol–water partition coefficient (Wildman–Crippen LogP) is 2.09. The smallest absolute Gasteiger partial charge is 0.395 e. The van der Waals surface area contributed by atoms with Gasteiger partial charge < -0.3 is 20.1 Å². The Balaban J connectivity index is 1.68. The highest BCUT2D eigenvalue weighted by atomic mass is 19.3. The summed E-state index contributed by atoms with van der Waals surface area (Å²) in [4.78, 5) is 12.0. The highest BCUT2D eigenvalue weighted by Gasteiger charge is 2.43. The number of carbonyl (C=O) groups excluding carboxylic acids is 1. The Labute approximate surface area is 114 Å². The van der Waals surface area contributed by atoms with E-state index in [0.717, 1.165) is 25.8 Å². The fourth-order valence-electron chi connectivity index (χ4n) is 2.33. The van der Waals surface area contributed by atoms with Gasteiger partial charge in [0.2, 0.25) is 5.91 Å². The summed E-state index contributed by atoms with van der Waals surface area (Å²) >= 11 is 0. The van der Waals surface area contributed by atoms with Crippen LogP contribution in [0.5, 0.6) is 11.5 Å². The van der Waals surface area contributed by atoms with Crippen molar-refractivity contribution in [3.63, 3.8) is 0 Å². The van der Waals surface area contributed by atoms with Gasteiger partial charge in [-0.15, -0.1) is 8.78 Å². The first-order valence-corrected chi connectivity index (χ1v) is 6.48. The van der Waals surface area contributed by atoms with Gasteiger partial charge in [0.1, 0.15) is 0 Å². The summed E-state index contributed by atoms with van der Waals surface area (Å²) in [6.07, 6.45) is -0.814. The predicted molar refractivity (Wildman–Crippen MR) is 66.9 cm³/mol. The van der Waals surface area contributed by atoms with Crippen molar-refractivity contribution in [2.24, 2.45) is 0 Å². The lowest BCUT2D eigenvalue weighted by atomic mass is 10.0. The third-order valence-corrected chi connectivity index (χ3v) is 3.30. The normalized spacial score (nSPS) is 23.4. The molecule has 0 bridgehead atoms. The van der Waals surface area contributed by atoms with E-state index < -0.39 is 6.29 Å². The molecule has 0 radical (unpaired) electrons. The molecule has 2 aliphatic rings. The highest BCUT2D eigenvalue weighted by molar-refractivity contribution is 5.95. The Bertz CT molecular complexity index is 530. The van der Waals surface area contributed by atoms with E-state index in [1.807, 2.05) is 0 Å². The van der Waals surface area contributed by atoms with Crippen LogP contribution in [0.4, 0.5) is 14.5 Å². The third-order valence-electron chi connectivity index (χ3n) is 3.30. The minimum atomic E-state index is -3.64. The minimum absolute atomic E-state index is 0.0382. The van der Waals surface area contributed by atoms with Gasteiger partial charge in [0.15, 0.2) is 11.5 Å². The van der Waals surface area contributed by atoms with Crippen LogP contribution >= 0.6 is 0 Å². The van der Waals surface area contributed by atoms with Crippen LogP contribution in [0, 0.1) is 0 Å². The number of hydrogen-bond acceptors (Lipinski definition) is 4. The van der Waals surface area contributed by atoms with E-state index in [2.05, 4.69) is 20.1 Å². The molecule has 0 saturated carbocycles. The summed E-state index contributed by atoms with van der Waals surface area (Å²) in [5.41, 5.74) is 0.405. The Kier molecular flexibility index (Phi) is 3.21. The van der Waals surface area contributed by atoms with E-state index in [-0.39, 0.29) is 23.4 Å². The van der Waals surface area contributed by atoms with E-state index in [0.29, 0.717) is 5.69 Å². The van der Waals surface area contributed by atoms with Crippen LogP contribution in [0.15, 0.2) is 18.2 Å². The lowest BCUT2D eigenvalue weighted by molar-refractivity contribution is -0.286. The van der Waals surface area contributed by atoms with Crippen LogP contribution in [0.25, 0.3) is 0 Å². The Morgan fingerprint density at radius 1 is 1.30 bits per heavy atom. The molecule has 1 aromatic rings. The maximum atomic E-state index is 12.9. The number of rotatable bonds is 2. The molecule has 2 aliphatic heterocycles. The van der Waals surface area contributed by atoms with Crippen LogP contribution in [0.3, 0.4) is 0 Å². The lowest BCUT2D eigenvalue weighted by Gasteiger charge is -2.22. The number of nitrogens with one attached hydrogen (secondary N) is 2. The van der Waals surface area contributed by atoms with E-state index in [1.165, 1.54) is 18.2 Å². The van der Waals surface area contributed by atoms with Gasteiger partial charge >= 0.3 is 6.29 Å². The molecule has 1 atom stereocenters. The van der Waals surface area contributed by atoms with Crippen LogP contribution in [-0.2, 0) is 4.79 Å². The van der Waals surface area contributed by atoms with E-state index in [9.17, 15) is 13.6 Å². The maximum absolute atomic E-state index is 12.9. The van der Waals surface area contributed by atoms with Gasteiger partial charge in [-0.05, 0) is 31.5 Å². The monoisotopic (exact) mass is 284 g/mol. The first-order valence-electron chi connectivity index (χ1n) is 6.48. The fourth-order valence-corrected chi connectivity index (χ4v) is 2.33. The lowest BCUT2D eigenvalue weighted by Crippen LogP contribution is -2.43. The van der Waals surface area contributed by atoms with Crippen molar-refractivity contribution in [3.8, 4) is 11.5 Å². The second kappa shape index (κ2) is 4.90. The molecule has 0 spiro atoms. The van der Waals surface area contributed by atoms with E-state index in [1.54, 1.807) is 0 Å². The largest absolute Gasteiger partial charge is 0.586 e. The molecule has 0 unspecified atom stereocenters. The molecule has 1 saturated heterocycles. The number of anilines is 1. The third kappa shape index (κ3) is 2.67.